The molecule has 5 rings (SSSR count). The van der Waals surface area contributed by atoms with Crippen LogP contribution in [0.15, 0.2) is 91.0 Å². The summed E-state index contributed by atoms with van der Waals surface area (Å²) in [6.07, 6.45) is -7.65. The third-order valence-corrected chi connectivity index (χ3v) is 9.70. The van der Waals surface area contributed by atoms with Gasteiger partial charge in [0.05, 0.1) is 31.5 Å². The summed E-state index contributed by atoms with van der Waals surface area (Å²) in [7, 11) is 0. The van der Waals surface area contributed by atoms with Crippen molar-refractivity contribution in [3.63, 3.8) is 0 Å². The van der Waals surface area contributed by atoms with E-state index in [1.165, 1.54) is 20.8 Å². The number of carbonyl (C=O) groups excluding carboxylic acids is 4. The largest absolute Gasteiger partial charge is 0.457 e. The summed E-state index contributed by atoms with van der Waals surface area (Å²) in [5, 5.41) is 2.93. The Bertz CT molecular complexity index is 1750. The molecule has 15 heteroatoms. The number of amides is 2. The van der Waals surface area contributed by atoms with E-state index in [9.17, 15) is 19.2 Å². The van der Waals surface area contributed by atoms with Crippen LogP contribution < -0.4 is 11.1 Å². The molecule has 2 fully saturated rings. The minimum Gasteiger partial charge on any atom is -0.457 e. The highest BCUT2D eigenvalue weighted by Crippen LogP contribution is 2.33. The quantitative estimate of drug-likeness (QED) is 0.111. The van der Waals surface area contributed by atoms with E-state index in [4.69, 9.17) is 43.6 Å². The number of hydrogen-bond donors (Lipinski definition) is 2. The molecule has 0 spiro atoms. The Kier molecular flexibility index (Phi) is 16.6. The van der Waals surface area contributed by atoms with E-state index in [0.29, 0.717) is 19.5 Å². The van der Waals surface area contributed by atoms with Crippen molar-refractivity contribution in [1.82, 2.24) is 10.2 Å². The molecule has 10 atom stereocenters. The number of hydrogen-bond acceptors (Lipinski definition) is 13. The summed E-state index contributed by atoms with van der Waals surface area (Å²) in [5.74, 6) is -1.63. The van der Waals surface area contributed by atoms with Crippen molar-refractivity contribution >= 4 is 23.9 Å². The van der Waals surface area contributed by atoms with Gasteiger partial charge in [-0.15, -0.1) is 0 Å². The van der Waals surface area contributed by atoms with Gasteiger partial charge in [0.1, 0.15) is 24.9 Å². The summed E-state index contributed by atoms with van der Waals surface area (Å²) in [5.41, 5.74) is 9.35. The molecular formula is C43H55N3O12. The fraction of sp³-hybridized carbons (Fsp3) is 0.488. The van der Waals surface area contributed by atoms with Gasteiger partial charge in [0, 0.05) is 33.9 Å². The van der Waals surface area contributed by atoms with Gasteiger partial charge in [-0.1, -0.05) is 91.0 Å². The van der Waals surface area contributed by atoms with Gasteiger partial charge in [-0.05, 0) is 37.0 Å². The lowest BCUT2D eigenvalue weighted by Crippen LogP contribution is -2.69. The molecule has 58 heavy (non-hydrogen) atoms. The first-order valence-electron chi connectivity index (χ1n) is 19.5. The molecule has 3 aromatic carbocycles. The molecule has 2 amide bonds. The van der Waals surface area contributed by atoms with Gasteiger partial charge < -0.3 is 53.8 Å². The summed E-state index contributed by atoms with van der Waals surface area (Å²) in [4.78, 5) is 51.9. The molecule has 0 aliphatic carbocycles. The smallest absolute Gasteiger partial charge is 0.410 e. The number of nitrogens with zero attached hydrogens (tertiary/aromatic N) is 1. The fourth-order valence-electron chi connectivity index (χ4n) is 6.98. The van der Waals surface area contributed by atoms with E-state index in [2.05, 4.69) is 5.32 Å². The number of carbonyl (C=O) groups is 4. The molecule has 314 valence electrons. The average Bonchev–Trinajstić information content (AvgIpc) is 3.20. The molecule has 3 N–H and O–H groups in total. The summed E-state index contributed by atoms with van der Waals surface area (Å²) in [6.45, 7) is 8.34. The maximum absolute atomic E-state index is 13.4. The van der Waals surface area contributed by atoms with E-state index >= 15 is 0 Å². The Morgan fingerprint density at radius 3 is 1.79 bits per heavy atom. The highest BCUT2D eigenvalue weighted by molar-refractivity contribution is 5.73. The van der Waals surface area contributed by atoms with Gasteiger partial charge in [0.15, 0.2) is 24.8 Å². The Morgan fingerprint density at radius 1 is 0.672 bits per heavy atom. The van der Waals surface area contributed by atoms with E-state index in [0.717, 1.165) is 16.7 Å². The monoisotopic (exact) mass is 805 g/mol. The molecule has 0 saturated carbocycles. The van der Waals surface area contributed by atoms with E-state index < -0.39 is 85.2 Å². The van der Waals surface area contributed by atoms with Gasteiger partial charge >= 0.3 is 18.0 Å². The molecule has 15 nitrogen and oxygen atoms in total. The van der Waals surface area contributed by atoms with Crippen molar-refractivity contribution in [3.05, 3.63) is 108 Å². The fourth-order valence-corrected chi connectivity index (χ4v) is 6.98. The Labute approximate surface area is 339 Å². The second-order valence-corrected chi connectivity index (χ2v) is 14.4. The summed E-state index contributed by atoms with van der Waals surface area (Å²) >= 11 is 0. The first-order valence-corrected chi connectivity index (χ1v) is 19.5. The van der Waals surface area contributed by atoms with Crippen molar-refractivity contribution in [3.8, 4) is 0 Å². The molecular weight excluding hydrogens is 750 g/mol. The number of rotatable bonds is 17. The molecule has 2 saturated heterocycles. The van der Waals surface area contributed by atoms with Crippen LogP contribution in [0.5, 0.6) is 0 Å². The molecule has 0 bridgehead atoms. The van der Waals surface area contributed by atoms with Crippen molar-refractivity contribution < 1.29 is 57.1 Å². The zero-order valence-corrected chi connectivity index (χ0v) is 33.6. The lowest BCUT2D eigenvalue weighted by atomic mass is 9.94. The summed E-state index contributed by atoms with van der Waals surface area (Å²) in [6, 6.07) is 26.5. The lowest BCUT2D eigenvalue weighted by Gasteiger charge is -2.49. The predicted octanol–water partition coefficient (Wildman–Crippen LogP) is 4.39. The Morgan fingerprint density at radius 2 is 1.21 bits per heavy atom. The molecule has 2 aliphatic heterocycles. The first-order chi connectivity index (χ1) is 27.9. The Balaban J connectivity index is 1.34. The maximum Gasteiger partial charge on any atom is 0.410 e. The zero-order valence-electron chi connectivity index (χ0n) is 33.6. The SMILES string of the molecule is CC(=O)N[C@H]1[C@@H](OCCCN(Cc2ccccc2)C(=O)OCc2ccccc2)O[C@H](C)[C@@H](OCc2ccccc2)[C@@H]1O[C@@H]1O[C@@H](C)[C@@H](OC(C)=O)[C@@H](OC(C)=O)[C@@H]1N. The topological polar surface area (TPSA) is 183 Å². The number of nitrogens with one attached hydrogen (secondary N) is 1. The second kappa shape index (κ2) is 21.7. The van der Waals surface area contributed by atoms with Crippen LogP contribution in [0.4, 0.5) is 4.79 Å². The molecule has 0 unspecified atom stereocenters. The average molecular weight is 806 g/mol. The van der Waals surface area contributed by atoms with Crippen molar-refractivity contribution in [2.45, 2.75) is 122 Å². The molecule has 2 aliphatic rings. The zero-order chi connectivity index (χ0) is 41.6. The van der Waals surface area contributed by atoms with Crippen LogP contribution in [0.2, 0.25) is 0 Å². The van der Waals surface area contributed by atoms with Gasteiger partial charge in [0.2, 0.25) is 5.91 Å². The van der Waals surface area contributed by atoms with Crippen LogP contribution in [-0.2, 0) is 72.0 Å². The van der Waals surface area contributed by atoms with Crippen LogP contribution >= 0.6 is 0 Å². The highest BCUT2D eigenvalue weighted by atomic mass is 16.7. The molecule has 3 aromatic rings. The second-order valence-electron chi connectivity index (χ2n) is 14.4. The molecule has 0 radical (unpaired) electrons. The van der Waals surface area contributed by atoms with Crippen LogP contribution in [-0.4, -0.2) is 103 Å². The van der Waals surface area contributed by atoms with E-state index in [1.807, 2.05) is 91.0 Å². The molecule has 0 aromatic heterocycles. The standard InChI is InChI=1S/C43H55N3O12/c1-27-37(52-25-33-18-11-7-12-19-33)40(58-41-35(44)39(57-31(5)49)38(28(2)54-41)56-30(4)48)36(45-29(3)47)42(55-27)51-23-15-22-46(24-32-16-9-6-10-17-32)43(50)53-26-34-20-13-8-14-21-34/h6-14,16-21,27-28,35-42H,15,22-26,44H2,1-5H3,(H,45,47)/t27-,28+,35+,36-,37-,38-,39+,40-,41+,42+/m1/s1. The van der Waals surface area contributed by atoms with Gasteiger partial charge in [-0.25, -0.2) is 4.79 Å². The predicted molar refractivity (Wildman–Crippen MR) is 209 cm³/mol. The summed E-state index contributed by atoms with van der Waals surface area (Å²) < 4.78 is 48.7. The normalized spacial score (nSPS) is 26.9. The van der Waals surface area contributed by atoms with Crippen LogP contribution in [0.3, 0.4) is 0 Å². The Hall–Kier alpha value is -4.90. The number of benzene rings is 3. The van der Waals surface area contributed by atoms with Crippen LogP contribution in [0.25, 0.3) is 0 Å². The van der Waals surface area contributed by atoms with Crippen molar-refractivity contribution in [2.24, 2.45) is 5.73 Å². The van der Waals surface area contributed by atoms with Crippen molar-refractivity contribution in [1.29, 1.82) is 0 Å². The minimum absolute atomic E-state index is 0.127. The highest BCUT2D eigenvalue weighted by Gasteiger charge is 2.52. The number of nitrogens with two attached hydrogens (primary N) is 1. The first kappa shape index (κ1) is 44.2. The minimum atomic E-state index is -1.21. The van der Waals surface area contributed by atoms with Crippen molar-refractivity contribution in [2.75, 3.05) is 13.2 Å². The third kappa shape index (κ3) is 12.8. The van der Waals surface area contributed by atoms with Crippen LogP contribution in [0, 0.1) is 0 Å². The maximum atomic E-state index is 13.4. The van der Waals surface area contributed by atoms with E-state index in [1.54, 1.807) is 18.7 Å². The third-order valence-electron chi connectivity index (χ3n) is 9.70. The number of ether oxygens (including phenoxy) is 8. The van der Waals surface area contributed by atoms with Gasteiger partial charge in [-0.2, -0.15) is 0 Å². The lowest BCUT2D eigenvalue weighted by molar-refractivity contribution is -0.325. The molecule has 2 heterocycles. The van der Waals surface area contributed by atoms with Gasteiger partial charge in [-0.3, -0.25) is 14.4 Å². The van der Waals surface area contributed by atoms with Crippen LogP contribution in [0.1, 0.15) is 57.7 Å². The van der Waals surface area contributed by atoms with E-state index in [-0.39, 0.29) is 19.8 Å². The number of esters is 2. The van der Waals surface area contributed by atoms with Gasteiger partial charge in [0.25, 0.3) is 0 Å².